The maximum Gasteiger partial charge on any atom is 0.268 e. The molecule has 2 aliphatic rings. The molecule has 3 heterocycles. The van der Waals surface area contributed by atoms with Crippen LogP contribution in [0.1, 0.15) is 24.4 Å². The molecule has 1 aliphatic carbocycles. The minimum atomic E-state index is 0.371. The molecule has 0 bridgehead atoms. The summed E-state index contributed by atoms with van der Waals surface area (Å²) in [6, 6.07) is 0. The summed E-state index contributed by atoms with van der Waals surface area (Å²) in [4.78, 5) is 13.1. The highest BCUT2D eigenvalue weighted by molar-refractivity contribution is 5.85. The maximum atomic E-state index is 5.79. The molecule has 6 nitrogen and oxygen atoms in total. The first kappa shape index (κ1) is 14.4. The number of aliphatic imine (C=N–C) groups is 1. The summed E-state index contributed by atoms with van der Waals surface area (Å²) in [5.41, 5.74) is 3.41. The molecule has 4 rings (SSSR count). The zero-order chi connectivity index (χ0) is 16.2. The van der Waals surface area contributed by atoms with Gasteiger partial charge in [0.25, 0.3) is 5.89 Å². The van der Waals surface area contributed by atoms with Crippen LogP contribution in [0.5, 0.6) is 0 Å². The van der Waals surface area contributed by atoms with E-state index in [0.717, 1.165) is 36.2 Å². The SMILES string of the molecule is C1=CCC=C(c2nnc(-c3cncc(C4=CC=NCC4)n3)o2)C=C1. The van der Waals surface area contributed by atoms with Crippen LogP contribution in [-0.2, 0) is 0 Å². The van der Waals surface area contributed by atoms with E-state index < -0.39 is 0 Å². The van der Waals surface area contributed by atoms with Crippen molar-refractivity contribution in [2.45, 2.75) is 12.8 Å². The Balaban J connectivity index is 1.64. The van der Waals surface area contributed by atoms with Crippen molar-refractivity contribution < 1.29 is 4.42 Å². The number of rotatable bonds is 3. The van der Waals surface area contributed by atoms with E-state index in [4.69, 9.17) is 4.42 Å². The highest BCUT2D eigenvalue weighted by atomic mass is 16.4. The molecule has 0 fully saturated rings. The third-order valence-corrected chi connectivity index (χ3v) is 3.74. The molecule has 24 heavy (non-hydrogen) atoms. The monoisotopic (exact) mass is 317 g/mol. The molecule has 0 saturated carbocycles. The average Bonchev–Trinajstić information content (AvgIpc) is 2.98. The standard InChI is InChI=1S/C18H15N5O/c1-2-4-6-14(5-3-1)17-22-23-18(24-17)16-12-20-11-15(21-16)13-7-9-19-10-8-13/h1-3,5-7,9,11-12H,4,8,10H2. The first-order valence-electron chi connectivity index (χ1n) is 7.79. The molecule has 0 unspecified atom stereocenters. The number of allylic oxidation sites excluding steroid dienone is 7. The molecule has 0 radical (unpaired) electrons. The maximum absolute atomic E-state index is 5.79. The van der Waals surface area contributed by atoms with E-state index in [0.29, 0.717) is 17.5 Å². The smallest absolute Gasteiger partial charge is 0.268 e. The predicted octanol–water partition coefficient (Wildman–Crippen LogP) is 3.28. The summed E-state index contributed by atoms with van der Waals surface area (Å²) in [6.07, 6.45) is 18.9. The minimum absolute atomic E-state index is 0.371. The van der Waals surface area contributed by atoms with E-state index in [1.807, 2.05) is 30.4 Å². The summed E-state index contributed by atoms with van der Waals surface area (Å²) >= 11 is 0. The van der Waals surface area contributed by atoms with Gasteiger partial charge in [-0.1, -0.05) is 24.3 Å². The van der Waals surface area contributed by atoms with Crippen LogP contribution in [0, 0.1) is 0 Å². The number of nitrogens with zero attached hydrogens (tertiary/aromatic N) is 5. The second-order valence-electron chi connectivity index (χ2n) is 5.38. The Morgan fingerprint density at radius 2 is 1.92 bits per heavy atom. The molecule has 0 amide bonds. The molecular weight excluding hydrogens is 302 g/mol. The van der Waals surface area contributed by atoms with Gasteiger partial charge in [-0.3, -0.25) is 9.98 Å². The molecule has 0 N–H and O–H groups in total. The van der Waals surface area contributed by atoms with Crippen LogP contribution < -0.4 is 0 Å². The molecular formula is C18H15N5O. The molecule has 6 heteroatoms. The van der Waals surface area contributed by atoms with Crippen molar-refractivity contribution in [1.29, 1.82) is 0 Å². The van der Waals surface area contributed by atoms with Gasteiger partial charge in [0, 0.05) is 18.3 Å². The van der Waals surface area contributed by atoms with Crippen LogP contribution in [0.3, 0.4) is 0 Å². The molecule has 0 atom stereocenters. The number of aromatic nitrogens is 4. The van der Waals surface area contributed by atoms with E-state index in [-0.39, 0.29) is 0 Å². The highest BCUT2D eigenvalue weighted by Gasteiger charge is 2.14. The number of hydrogen-bond donors (Lipinski definition) is 0. The van der Waals surface area contributed by atoms with Gasteiger partial charge in [-0.05, 0) is 30.6 Å². The Bertz CT molecular complexity index is 902. The lowest BCUT2D eigenvalue weighted by atomic mass is 10.1. The molecule has 1 aliphatic heterocycles. The Morgan fingerprint density at radius 1 is 1.00 bits per heavy atom. The minimum Gasteiger partial charge on any atom is -0.415 e. The van der Waals surface area contributed by atoms with Gasteiger partial charge in [0.1, 0.15) is 5.69 Å². The molecule has 2 aromatic rings. The lowest BCUT2D eigenvalue weighted by Gasteiger charge is -2.07. The predicted molar refractivity (Wildman–Crippen MR) is 92.2 cm³/mol. The number of dihydropyridines is 1. The van der Waals surface area contributed by atoms with Gasteiger partial charge in [-0.2, -0.15) is 0 Å². The van der Waals surface area contributed by atoms with E-state index in [1.165, 1.54) is 0 Å². The second kappa shape index (κ2) is 6.54. The fourth-order valence-corrected chi connectivity index (χ4v) is 2.50. The zero-order valence-electron chi connectivity index (χ0n) is 13.0. The zero-order valence-corrected chi connectivity index (χ0v) is 13.0. The fourth-order valence-electron chi connectivity index (χ4n) is 2.50. The summed E-state index contributed by atoms with van der Waals surface area (Å²) < 4.78 is 5.79. The van der Waals surface area contributed by atoms with E-state index >= 15 is 0 Å². The second-order valence-corrected chi connectivity index (χ2v) is 5.38. The van der Waals surface area contributed by atoms with Crippen molar-refractivity contribution in [3.63, 3.8) is 0 Å². The Hall–Kier alpha value is -3.15. The van der Waals surface area contributed by atoms with Gasteiger partial charge < -0.3 is 4.42 Å². The van der Waals surface area contributed by atoms with Crippen molar-refractivity contribution in [1.82, 2.24) is 20.2 Å². The van der Waals surface area contributed by atoms with Crippen molar-refractivity contribution in [2.24, 2.45) is 4.99 Å². The summed E-state index contributed by atoms with van der Waals surface area (Å²) in [7, 11) is 0. The molecule has 0 saturated heterocycles. The van der Waals surface area contributed by atoms with Gasteiger partial charge in [-0.25, -0.2) is 4.98 Å². The van der Waals surface area contributed by atoms with Gasteiger partial charge in [0.05, 0.1) is 18.1 Å². The molecule has 2 aromatic heterocycles. The van der Waals surface area contributed by atoms with Gasteiger partial charge >= 0.3 is 0 Å². The Kier molecular flexibility index (Phi) is 3.93. The quantitative estimate of drug-likeness (QED) is 0.868. The summed E-state index contributed by atoms with van der Waals surface area (Å²) in [6.45, 7) is 0.775. The van der Waals surface area contributed by atoms with Crippen molar-refractivity contribution in [2.75, 3.05) is 6.54 Å². The third kappa shape index (κ3) is 2.99. The Labute approximate surface area is 139 Å². The largest absolute Gasteiger partial charge is 0.415 e. The van der Waals surface area contributed by atoms with E-state index in [1.54, 1.807) is 18.6 Å². The third-order valence-electron chi connectivity index (χ3n) is 3.74. The average molecular weight is 317 g/mol. The normalized spacial score (nSPS) is 16.7. The fraction of sp³-hybridized carbons (Fsp3) is 0.167. The van der Waals surface area contributed by atoms with Gasteiger partial charge in [0.15, 0.2) is 0 Å². The van der Waals surface area contributed by atoms with Crippen molar-refractivity contribution >= 4 is 17.4 Å². The van der Waals surface area contributed by atoms with Gasteiger partial charge in [-0.15, -0.1) is 10.2 Å². The first-order chi connectivity index (χ1) is 11.9. The first-order valence-corrected chi connectivity index (χ1v) is 7.79. The molecule has 118 valence electrons. The van der Waals surface area contributed by atoms with Gasteiger partial charge in [0.2, 0.25) is 5.89 Å². The number of hydrogen-bond acceptors (Lipinski definition) is 6. The van der Waals surface area contributed by atoms with Crippen molar-refractivity contribution in [3.8, 4) is 11.6 Å². The van der Waals surface area contributed by atoms with Crippen LogP contribution in [-0.4, -0.2) is 32.9 Å². The lowest BCUT2D eigenvalue weighted by molar-refractivity contribution is 0.552. The van der Waals surface area contributed by atoms with Crippen LogP contribution >= 0.6 is 0 Å². The van der Waals surface area contributed by atoms with E-state index in [9.17, 15) is 0 Å². The lowest BCUT2D eigenvalue weighted by Crippen LogP contribution is -1.99. The van der Waals surface area contributed by atoms with Crippen LogP contribution in [0.25, 0.3) is 22.7 Å². The highest BCUT2D eigenvalue weighted by Crippen LogP contribution is 2.24. The van der Waals surface area contributed by atoms with Crippen LogP contribution in [0.15, 0.2) is 58.3 Å². The summed E-state index contributed by atoms with van der Waals surface area (Å²) in [5, 5.41) is 8.25. The molecule has 0 spiro atoms. The van der Waals surface area contributed by atoms with Crippen LogP contribution in [0.4, 0.5) is 0 Å². The van der Waals surface area contributed by atoms with E-state index in [2.05, 4.69) is 31.2 Å². The topological polar surface area (TPSA) is 77.1 Å². The van der Waals surface area contributed by atoms with Crippen LogP contribution in [0.2, 0.25) is 0 Å². The molecule has 0 aromatic carbocycles. The van der Waals surface area contributed by atoms with Crippen molar-refractivity contribution in [3.05, 3.63) is 60.4 Å². The Morgan fingerprint density at radius 3 is 2.83 bits per heavy atom. The summed E-state index contributed by atoms with van der Waals surface area (Å²) in [5.74, 6) is 0.858.